The highest BCUT2D eigenvalue weighted by atomic mass is 35.5. The first-order valence-electron chi connectivity index (χ1n) is 4.30. The van der Waals surface area contributed by atoms with E-state index in [0.29, 0.717) is 5.03 Å². The molecule has 14 heavy (non-hydrogen) atoms. The fourth-order valence-corrected chi connectivity index (χ4v) is 2.12. The summed E-state index contributed by atoms with van der Waals surface area (Å²) in [4.78, 5) is 0. The number of nitrogens with zero attached hydrogens (tertiary/aromatic N) is 2. The maximum Gasteiger partial charge on any atom is 0.846 e. The van der Waals surface area contributed by atoms with E-state index in [1.54, 1.807) is 24.6 Å². The van der Waals surface area contributed by atoms with Gasteiger partial charge in [-0.15, -0.1) is 0 Å². The van der Waals surface area contributed by atoms with Crippen molar-refractivity contribution in [3.8, 4) is 0 Å². The van der Waals surface area contributed by atoms with Gasteiger partial charge in [0.2, 0.25) is 5.70 Å². The average molecular weight is 207 g/mol. The fraction of sp³-hybridized carbons (Fsp3) is 0. The molecule has 0 unspecified atom stereocenters. The van der Waals surface area contributed by atoms with Crippen LogP contribution in [0.15, 0.2) is 36.2 Å². The second kappa shape index (κ2) is 2.61. The largest absolute Gasteiger partial charge is 0.846 e. The van der Waals surface area contributed by atoms with Crippen LogP contribution in [-0.4, -0.2) is 22.4 Å². The number of fused-ring (bicyclic) bond motifs is 2. The molecule has 0 aliphatic carbocycles. The van der Waals surface area contributed by atoms with Crippen LogP contribution in [0.25, 0.3) is 5.03 Å². The van der Waals surface area contributed by atoms with Crippen LogP contribution in [-0.2, 0) is 0 Å². The van der Waals surface area contributed by atoms with Crippen molar-refractivity contribution >= 4 is 30.1 Å². The molecule has 0 fully saturated rings. The monoisotopic (exact) mass is 207 g/mol. The summed E-state index contributed by atoms with van der Waals surface area (Å²) in [6, 6.07) is 3.60. The molecule has 0 radical (unpaired) electrons. The molecule has 2 aliphatic rings. The van der Waals surface area contributed by atoms with Crippen molar-refractivity contribution in [1.29, 1.82) is 0 Å². The number of rotatable bonds is 0. The Bertz CT molecular complexity index is 501. The lowest BCUT2D eigenvalue weighted by atomic mass is 9.99. The number of aromatic nitrogens is 1. The first-order valence-corrected chi connectivity index (χ1v) is 4.68. The third kappa shape index (κ3) is 0.839. The second-order valence-corrected chi connectivity index (χ2v) is 3.60. The first-order chi connectivity index (χ1) is 6.79. The van der Waals surface area contributed by atoms with E-state index in [1.165, 1.54) is 8.96 Å². The van der Waals surface area contributed by atoms with Crippen molar-refractivity contribution in [2.24, 2.45) is 0 Å². The van der Waals surface area contributed by atoms with Crippen molar-refractivity contribution in [3.05, 3.63) is 41.9 Å². The van der Waals surface area contributed by atoms with E-state index < -0.39 is 7.26 Å². The Hall–Kier alpha value is -1.29. The number of halogens is 2. The van der Waals surface area contributed by atoms with Crippen molar-refractivity contribution in [2.45, 2.75) is 0 Å². The van der Waals surface area contributed by atoms with Crippen molar-refractivity contribution in [3.63, 3.8) is 0 Å². The molecule has 1 aromatic heterocycles. The van der Waals surface area contributed by atoms with E-state index >= 15 is 0 Å². The van der Waals surface area contributed by atoms with E-state index in [0.717, 1.165) is 11.4 Å². The van der Waals surface area contributed by atoms with Gasteiger partial charge >= 0.3 is 7.26 Å². The topological polar surface area (TPSA) is 7.94 Å². The van der Waals surface area contributed by atoms with Crippen molar-refractivity contribution < 1.29 is 8.80 Å². The van der Waals surface area contributed by atoms with E-state index in [-0.39, 0.29) is 0 Å². The Morgan fingerprint density at radius 1 is 1.50 bits per heavy atom. The van der Waals surface area contributed by atoms with E-state index in [1.807, 2.05) is 12.1 Å². The van der Waals surface area contributed by atoms with Crippen LogP contribution in [0, 0.1) is 0 Å². The number of hydrogen-bond acceptors (Lipinski definition) is 0. The number of allylic oxidation sites excluding steroid dienone is 2. The standard InChI is InChI=1S/C9H6BClFN2/c11-9-7-3-1-5-13(7)10(12)14-6-2-4-8(9)14/h1-6H/q+1. The van der Waals surface area contributed by atoms with Gasteiger partial charge < -0.3 is 0 Å². The molecule has 5 heteroatoms. The van der Waals surface area contributed by atoms with Crippen LogP contribution in [0.3, 0.4) is 0 Å². The molecule has 0 N–H and O–H groups in total. The summed E-state index contributed by atoms with van der Waals surface area (Å²) < 4.78 is 16.9. The molecule has 68 valence electrons. The van der Waals surface area contributed by atoms with E-state index in [4.69, 9.17) is 11.6 Å². The molecule has 0 amide bonds. The maximum atomic E-state index is 13.9. The first kappa shape index (κ1) is 8.06. The minimum atomic E-state index is -1.19. The highest BCUT2D eigenvalue weighted by molar-refractivity contribution is 6.52. The van der Waals surface area contributed by atoms with Gasteiger partial charge in [0.15, 0.2) is 0 Å². The molecule has 2 nitrogen and oxygen atoms in total. The molecule has 0 saturated carbocycles. The zero-order valence-corrected chi connectivity index (χ0v) is 7.95. The zero-order chi connectivity index (χ0) is 9.71. The van der Waals surface area contributed by atoms with Crippen LogP contribution < -0.4 is 0 Å². The van der Waals surface area contributed by atoms with Gasteiger partial charge in [-0.2, -0.15) is 0 Å². The number of hydrogen-bond donors (Lipinski definition) is 0. The summed E-state index contributed by atoms with van der Waals surface area (Å²) in [6.07, 6.45) is 6.97. The lowest BCUT2D eigenvalue weighted by molar-refractivity contribution is -0.328. The second-order valence-electron chi connectivity index (χ2n) is 3.23. The lowest BCUT2D eigenvalue weighted by Crippen LogP contribution is -2.36. The van der Waals surface area contributed by atoms with Gasteiger partial charge in [0, 0.05) is 18.3 Å². The Balaban J connectivity index is 2.33. The van der Waals surface area contributed by atoms with Crippen LogP contribution in [0.4, 0.5) is 4.32 Å². The normalized spacial score (nSPS) is 18.4. The summed E-state index contributed by atoms with van der Waals surface area (Å²) in [7, 11) is -1.19. The predicted molar refractivity (Wildman–Crippen MR) is 54.9 cm³/mol. The van der Waals surface area contributed by atoms with Gasteiger partial charge in [0.25, 0.3) is 0 Å². The molecular weight excluding hydrogens is 201 g/mol. The molecule has 0 saturated heterocycles. The molecule has 0 spiro atoms. The predicted octanol–water partition coefficient (Wildman–Crippen LogP) is 1.86. The van der Waals surface area contributed by atoms with Crippen molar-refractivity contribution in [2.75, 3.05) is 0 Å². The summed E-state index contributed by atoms with van der Waals surface area (Å²) in [5.74, 6) is 0. The Labute approximate surface area is 85.8 Å². The summed E-state index contributed by atoms with van der Waals surface area (Å²) in [5, 5.41) is 0.592. The smallest absolute Gasteiger partial charge is 0.292 e. The third-order valence-electron chi connectivity index (χ3n) is 2.47. The highest BCUT2D eigenvalue weighted by Gasteiger charge is 2.46. The Kier molecular flexibility index (Phi) is 1.50. The third-order valence-corrected chi connectivity index (χ3v) is 2.85. The van der Waals surface area contributed by atoms with Crippen molar-refractivity contribution in [1.82, 2.24) is 4.48 Å². The minimum absolute atomic E-state index is 0.592. The fourth-order valence-electron chi connectivity index (χ4n) is 1.80. The summed E-state index contributed by atoms with van der Waals surface area (Å²) >= 11 is 6.13. The molecule has 0 aromatic carbocycles. The highest BCUT2D eigenvalue weighted by Crippen LogP contribution is 2.31. The summed E-state index contributed by atoms with van der Waals surface area (Å²) in [5.41, 5.74) is 1.45. The molecular formula is C9H6BClFN2+. The average Bonchev–Trinajstić information content (AvgIpc) is 2.82. The van der Waals surface area contributed by atoms with Gasteiger partial charge in [0.05, 0.1) is 5.69 Å². The summed E-state index contributed by atoms with van der Waals surface area (Å²) in [6.45, 7) is 0. The Morgan fingerprint density at radius 3 is 3.21 bits per heavy atom. The molecule has 3 heterocycles. The van der Waals surface area contributed by atoms with Gasteiger partial charge in [-0.25, -0.2) is 8.80 Å². The van der Waals surface area contributed by atoms with E-state index in [9.17, 15) is 4.32 Å². The van der Waals surface area contributed by atoms with Crippen LogP contribution in [0.5, 0.6) is 0 Å². The lowest BCUT2D eigenvalue weighted by Gasteiger charge is -2.13. The molecule has 1 aromatic rings. The molecule has 0 atom stereocenters. The SMILES string of the molecule is FB1n2cccc2C(Cl)=C2C=CC=[N+]12. The zero-order valence-electron chi connectivity index (χ0n) is 7.19. The maximum absolute atomic E-state index is 13.9. The minimum Gasteiger partial charge on any atom is -0.292 e. The van der Waals surface area contributed by atoms with Crippen LogP contribution >= 0.6 is 11.6 Å². The van der Waals surface area contributed by atoms with Crippen LogP contribution in [0.1, 0.15) is 5.69 Å². The van der Waals surface area contributed by atoms with E-state index in [2.05, 4.69) is 0 Å². The van der Waals surface area contributed by atoms with Gasteiger partial charge in [-0.3, -0.25) is 4.48 Å². The van der Waals surface area contributed by atoms with Gasteiger partial charge in [-0.05, 0) is 12.1 Å². The van der Waals surface area contributed by atoms with Gasteiger partial charge in [-0.1, -0.05) is 11.6 Å². The quantitative estimate of drug-likeness (QED) is 0.574. The van der Waals surface area contributed by atoms with Gasteiger partial charge in [0.1, 0.15) is 11.2 Å². The molecule has 0 bridgehead atoms. The Morgan fingerprint density at radius 2 is 2.36 bits per heavy atom. The van der Waals surface area contributed by atoms with Crippen LogP contribution in [0.2, 0.25) is 0 Å². The molecule has 3 rings (SSSR count). The molecule has 2 aliphatic heterocycles.